The van der Waals surface area contributed by atoms with E-state index >= 15 is 0 Å². The minimum atomic E-state index is -0.587. The molecule has 0 aliphatic carbocycles. The van der Waals surface area contributed by atoms with E-state index in [1.165, 1.54) is 0 Å². The predicted molar refractivity (Wildman–Crippen MR) is 77.0 cm³/mol. The number of hydrogen-bond acceptors (Lipinski definition) is 2. The van der Waals surface area contributed by atoms with Gasteiger partial charge in [-0.25, -0.2) is 0 Å². The van der Waals surface area contributed by atoms with Gasteiger partial charge in [0.1, 0.15) is 0 Å². The molecule has 0 saturated carbocycles. The van der Waals surface area contributed by atoms with E-state index in [1.807, 2.05) is 44.3 Å². The van der Waals surface area contributed by atoms with Crippen LogP contribution < -0.4 is 5.32 Å². The molecule has 1 atom stereocenters. The number of amides is 1. The van der Waals surface area contributed by atoms with Gasteiger partial charge in [0.05, 0.1) is 0 Å². The van der Waals surface area contributed by atoms with Crippen LogP contribution in [0.1, 0.15) is 30.8 Å². The van der Waals surface area contributed by atoms with Crippen LogP contribution in [0.2, 0.25) is 0 Å². The standard InChI is InChI=1S/C16H16N2O2/c1-11(2)7-14(10-19)18-16(20)15-8-12-5-3-4-6-13(12)9-17-15/h3-6,8-9,11,14H,7H2,1-2H3/p+1/t14-/m0/s1. The van der Waals surface area contributed by atoms with Crippen molar-refractivity contribution in [3.05, 3.63) is 42.2 Å². The third kappa shape index (κ3) is 3.44. The maximum absolute atomic E-state index is 12.1. The number of aromatic nitrogens is 1. The van der Waals surface area contributed by atoms with Gasteiger partial charge < -0.3 is 0 Å². The van der Waals surface area contributed by atoms with Crippen molar-refractivity contribution in [2.24, 2.45) is 5.92 Å². The summed E-state index contributed by atoms with van der Waals surface area (Å²) in [5, 5.41) is 4.58. The fourth-order valence-corrected chi connectivity index (χ4v) is 2.05. The molecule has 0 bridgehead atoms. The Morgan fingerprint density at radius 1 is 1.35 bits per heavy atom. The first kappa shape index (κ1) is 14.3. The van der Waals surface area contributed by atoms with Gasteiger partial charge in [-0.2, -0.15) is 0 Å². The first-order valence-corrected chi connectivity index (χ1v) is 6.63. The van der Waals surface area contributed by atoms with E-state index in [9.17, 15) is 9.45 Å². The third-order valence-corrected chi connectivity index (χ3v) is 3.02. The zero-order valence-corrected chi connectivity index (χ0v) is 11.6. The van der Waals surface area contributed by atoms with E-state index in [0.717, 1.165) is 10.8 Å². The maximum atomic E-state index is 12.1. The first-order chi connectivity index (χ1) is 9.60. The number of nitrogens with zero attached hydrogens (tertiary/aromatic N) is 1. The van der Waals surface area contributed by atoms with Crippen molar-refractivity contribution < 1.29 is 9.45 Å². The number of carbonyl (C=O) groups is 1. The Morgan fingerprint density at radius 3 is 2.70 bits per heavy atom. The van der Waals surface area contributed by atoms with E-state index in [-0.39, 0.29) is 5.91 Å². The minimum absolute atomic E-state index is 0.311. The summed E-state index contributed by atoms with van der Waals surface area (Å²) in [5.41, 5.74) is 0.313. The molecule has 102 valence electrons. The number of carbonyl (C=O) groups excluding carboxylic acids is 1. The average molecular weight is 269 g/mol. The number of rotatable bonds is 4. The van der Waals surface area contributed by atoms with Gasteiger partial charge in [0.15, 0.2) is 0 Å². The van der Waals surface area contributed by atoms with Crippen molar-refractivity contribution in [1.29, 1.82) is 0 Å². The quantitative estimate of drug-likeness (QED) is 0.867. The molecule has 20 heavy (non-hydrogen) atoms. The fraction of sp³-hybridized carbons (Fsp3) is 0.312. The molecule has 2 rings (SSSR count). The SMILES string of the molecule is CC(C)C[C@@H](C#[O+])NC(=O)c1cc2ccccc2cn1. The van der Waals surface area contributed by atoms with Gasteiger partial charge in [0.25, 0.3) is 0 Å². The second-order valence-corrected chi connectivity index (χ2v) is 5.19. The Balaban J connectivity index is 2.16. The molecule has 1 amide bonds. The Kier molecular flexibility index (Phi) is 4.51. The van der Waals surface area contributed by atoms with Crippen molar-refractivity contribution in [2.75, 3.05) is 0 Å². The second-order valence-electron chi connectivity index (χ2n) is 5.19. The molecule has 0 aliphatic heterocycles. The fourth-order valence-electron chi connectivity index (χ4n) is 2.05. The molecule has 4 heteroatoms. The first-order valence-electron chi connectivity index (χ1n) is 6.63. The van der Waals surface area contributed by atoms with Crippen LogP contribution in [0.25, 0.3) is 10.8 Å². The van der Waals surface area contributed by atoms with E-state index < -0.39 is 6.04 Å². The van der Waals surface area contributed by atoms with Crippen molar-refractivity contribution in [3.8, 4) is 6.15 Å². The van der Waals surface area contributed by atoms with Crippen molar-refractivity contribution >= 4 is 16.7 Å². The number of benzene rings is 1. The summed E-state index contributed by atoms with van der Waals surface area (Å²) in [6.45, 7) is 3.98. The van der Waals surface area contributed by atoms with Crippen molar-refractivity contribution in [1.82, 2.24) is 10.3 Å². The van der Waals surface area contributed by atoms with Gasteiger partial charge in [0.2, 0.25) is 0 Å². The molecule has 1 aromatic heterocycles. The van der Waals surface area contributed by atoms with Gasteiger partial charge in [-0.05, 0) is 0 Å². The van der Waals surface area contributed by atoms with Crippen LogP contribution in [-0.2, 0) is 4.65 Å². The summed E-state index contributed by atoms with van der Waals surface area (Å²) >= 11 is 0. The van der Waals surface area contributed by atoms with E-state index in [2.05, 4.69) is 10.3 Å². The topological polar surface area (TPSA) is 61.9 Å². The summed E-state index contributed by atoms with van der Waals surface area (Å²) in [7, 11) is 0. The molecule has 1 heterocycles. The van der Waals surface area contributed by atoms with E-state index in [1.54, 1.807) is 12.3 Å². The molecule has 0 spiro atoms. The summed E-state index contributed by atoms with van der Waals surface area (Å²) in [4.78, 5) is 16.2. The molecule has 2 aromatic rings. The third-order valence-electron chi connectivity index (χ3n) is 3.02. The zero-order valence-electron chi connectivity index (χ0n) is 11.6. The van der Waals surface area contributed by atoms with Crippen LogP contribution in [0.5, 0.6) is 0 Å². The number of nitrogens with one attached hydrogen (secondary N) is 1. The summed E-state index contributed by atoms with van der Waals surface area (Å²) in [6, 6.07) is 8.82. The Bertz CT molecular complexity index is 659. The van der Waals surface area contributed by atoms with Crippen molar-refractivity contribution in [3.63, 3.8) is 0 Å². The van der Waals surface area contributed by atoms with Crippen LogP contribution >= 0.6 is 0 Å². The molecule has 4 nitrogen and oxygen atoms in total. The predicted octanol–water partition coefficient (Wildman–Crippen LogP) is 2.77. The van der Waals surface area contributed by atoms with Gasteiger partial charge in [0, 0.05) is 0 Å². The zero-order chi connectivity index (χ0) is 14.5. The summed E-state index contributed by atoms with van der Waals surface area (Å²) in [5.74, 6) is -0.0314. The second kappa shape index (κ2) is 6.33. The molecule has 0 unspecified atom stereocenters. The van der Waals surface area contributed by atoms with Gasteiger partial charge >= 0.3 is 117 Å². The molecule has 0 saturated heterocycles. The summed E-state index contributed by atoms with van der Waals surface area (Å²) in [6.07, 6.45) is 4.09. The number of pyridine rings is 1. The molecular weight excluding hydrogens is 252 g/mol. The Morgan fingerprint density at radius 2 is 2.05 bits per heavy atom. The van der Waals surface area contributed by atoms with E-state index in [4.69, 9.17) is 0 Å². The average Bonchev–Trinajstić information content (AvgIpc) is 2.45. The molecule has 1 aromatic carbocycles. The normalized spacial score (nSPS) is 12.1. The Hall–Kier alpha value is -2.16. The van der Waals surface area contributed by atoms with Crippen LogP contribution in [0, 0.1) is 12.1 Å². The Labute approximate surface area is 117 Å². The molecule has 0 radical (unpaired) electrons. The van der Waals surface area contributed by atoms with Crippen LogP contribution in [0.4, 0.5) is 0 Å². The number of hydrogen-bond donors (Lipinski definition) is 1. The number of fused-ring (bicyclic) bond motifs is 1. The van der Waals surface area contributed by atoms with Crippen LogP contribution in [0.3, 0.4) is 0 Å². The van der Waals surface area contributed by atoms with Crippen molar-refractivity contribution in [2.45, 2.75) is 26.3 Å². The molecule has 1 N–H and O–H groups in total. The van der Waals surface area contributed by atoms with E-state index in [0.29, 0.717) is 18.0 Å². The van der Waals surface area contributed by atoms with Gasteiger partial charge in [-0.15, -0.1) is 0 Å². The monoisotopic (exact) mass is 269 g/mol. The molecular formula is C16H17N2O2+. The van der Waals surface area contributed by atoms with Crippen LogP contribution in [0.15, 0.2) is 36.5 Å². The molecule has 0 aliphatic rings. The van der Waals surface area contributed by atoms with Crippen LogP contribution in [-0.4, -0.2) is 16.9 Å². The van der Waals surface area contributed by atoms with Gasteiger partial charge in [-0.3, -0.25) is 0 Å². The summed E-state index contributed by atoms with van der Waals surface area (Å²) < 4.78 is 10.9. The molecule has 0 fully saturated rings. The van der Waals surface area contributed by atoms with Gasteiger partial charge in [-0.1, -0.05) is 0 Å².